The molecule has 0 aliphatic carbocycles. The quantitative estimate of drug-likeness (QED) is 0.503. The Hall–Kier alpha value is -0.380. The molecule has 0 radical (unpaired) electrons. The maximum absolute atomic E-state index is 2.36. The van der Waals surface area contributed by atoms with E-state index in [0.29, 0.717) is 0 Å². The van der Waals surface area contributed by atoms with E-state index >= 15 is 0 Å². The summed E-state index contributed by atoms with van der Waals surface area (Å²) >= 11 is 0. The summed E-state index contributed by atoms with van der Waals surface area (Å²) in [4.78, 5) is 0. The molecule has 13 heavy (non-hydrogen) atoms. The normalized spacial score (nSPS) is 13.2. The minimum absolute atomic E-state index is 0. The van der Waals surface area contributed by atoms with Gasteiger partial charge in [-0.2, -0.15) is 0 Å². The van der Waals surface area contributed by atoms with Crippen LogP contribution in [-0.4, -0.2) is 17.3 Å². The van der Waals surface area contributed by atoms with Crippen LogP contribution in [0, 0.1) is 0 Å². The van der Waals surface area contributed by atoms with E-state index in [1.807, 2.05) is 0 Å². The fourth-order valence-electron chi connectivity index (χ4n) is 1.72. The Morgan fingerprint density at radius 1 is 1.31 bits per heavy atom. The summed E-state index contributed by atoms with van der Waals surface area (Å²) in [5, 5.41) is 0. The highest BCUT2D eigenvalue weighted by molar-refractivity contribution is 5.66. The fourth-order valence-corrected chi connectivity index (χ4v) is 1.72. The van der Waals surface area contributed by atoms with Gasteiger partial charge in [0.1, 0.15) is 12.8 Å². The number of halogens is 1. The van der Waals surface area contributed by atoms with Gasteiger partial charge < -0.3 is 24.0 Å². The van der Waals surface area contributed by atoms with E-state index in [0.717, 1.165) is 13.0 Å². The fraction of sp³-hybridized carbons (Fsp3) is 0.364. The van der Waals surface area contributed by atoms with Crippen LogP contribution in [0.15, 0.2) is 24.3 Å². The zero-order chi connectivity index (χ0) is 8.39. The number of benzene rings is 1. The molecule has 0 spiro atoms. The SMILES string of the molecule is CCC[N+]1=CCc2ccccc21.[I-]. The Kier molecular flexibility index (Phi) is 3.90. The van der Waals surface area contributed by atoms with Crippen molar-refractivity contribution in [2.75, 3.05) is 6.54 Å². The maximum Gasteiger partial charge on any atom is 0.208 e. The first-order valence-electron chi connectivity index (χ1n) is 4.59. The number of hydrogen-bond donors (Lipinski definition) is 0. The highest BCUT2D eigenvalue weighted by Crippen LogP contribution is 2.22. The van der Waals surface area contributed by atoms with Gasteiger partial charge in [0.25, 0.3) is 0 Å². The predicted molar refractivity (Wildman–Crippen MR) is 51.3 cm³/mol. The van der Waals surface area contributed by atoms with E-state index in [1.165, 1.54) is 17.7 Å². The highest BCUT2D eigenvalue weighted by Gasteiger charge is 2.18. The second kappa shape index (κ2) is 4.74. The molecule has 1 aromatic carbocycles. The van der Waals surface area contributed by atoms with Crippen molar-refractivity contribution in [3.05, 3.63) is 29.8 Å². The van der Waals surface area contributed by atoms with Gasteiger partial charge in [0.2, 0.25) is 5.69 Å². The van der Waals surface area contributed by atoms with Crippen molar-refractivity contribution in [1.82, 2.24) is 0 Å². The van der Waals surface area contributed by atoms with E-state index in [1.54, 1.807) is 0 Å². The summed E-state index contributed by atoms with van der Waals surface area (Å²) in [5.74, 6) is 0. The smallest absolute Gasteiger partial charge is 0.208 e. The topological polar surface area (TPSA) is 3.01 Å². The number of hydrogen-bond acceptors (Lipinski definition) is 0. The molecule has 1 heterocycles. The molecule has 1 nitrogen and oxygen atoms in total. The summed E-state index contributed by atoms with van der Waals surface area (Å²) in [6.45, 7) is 3.37. The molecule has 0 amide bonds. The maximum atomic E-state index is 2.36. The molecule has 0 bridgehead atoms. The van der Waals surface area contributed by atoms with Crippen molar-refractivity contribution in [2.24, 2.45) is 0 Å². The Morgan fingerprint density at radius 2 is 2.08 bits per heavy atom. The Labute approximate surface area is 96.5 Å². The van der Waals surface area contributed by atoms with Gasteiger partial charge in [0, 0.05) is 18.1 Å². The lowest BCUT2D eigenvalue weighted by Crippen LogP contribution is -3.00. The molecule has 0 fully saturated rings. The highest BCUT2D eigenvalue weighted by atomic mass is 127. The van der Waals surface area contributed by atoms with Gasteiger partial charge in [0.05, 0.1) is 6.42 Å². The summed E-state index contributed by atoms with van der Waals surface area (Å²) in [6, 6.07) is 8.64. The van der Waals surface area contributed by atoms with Gasteiger partial charge in [-0.05, 0) is 0 Å². The van der Waals surface area contributed by atoms with Crippen LogP contribution in [0.1, 0.15) is 18.9 Å². The van der Waals surface area contributed by atoms with Crippen molar-refractivity contribution in [3.63, 3.8) is 0 Å². The molecule has 2 rings (SSSR count). The molecule has 0 atom stereocenters. The molecule has 70 valence electrons. The first-order chi connectivity index (χ1) is 5.92. The van der Waals surface area contributed by atoms with Crippen LogP contribution in [0.2, 0.25) is 0 Å². The van der Waals surface area contributed by atoms with Crippen molar-refractivity contribution < 1.29 is 28.6 Å². The third kappa shape index (κ3) is 2.10. The van der Waals surface area contributed by atoms with Crippen LogP contribution in [0.5, 0.6) is 0 Å². The van der Waals surface area contributed by atoms with E-state index < -0.39 is 0 Å². The van der Waals surface area contributed by atoms with E-state index in [2.05, 4.69) is 42.0 Å². The second-order valence-corrected chi connectivity index (χ2v) is 3.21. The van der Waals surface area contributed by atoms with E-state index in [4.69, 9.17) is 0 Å². The van der Waals surface area contributed by atoms with Gasteiger partial charge >= 0.3 is 0 Å². The lowest BCUT2D eigenvalue weighted by molar-refractivity contribution is -0.432. The predicted octanol–water partition coefficient (Wildman–Crippen LogP) is -0.628. The minimum atomic E-state index is 0. The third-order valence-corrected chi connectivity index (χ3v) is 2.30. The van der Waals surface area contributed by atoms with E-state index in [-0.39, 0.29) is 24.0 Å². The van der Waals surface area contributed by atoms with E-state index in [9.17, 15) is 0 Å². The molecule has 0 aromatic heterocycles. The largest absolute Gasteiger partial charge is 1.00 e. The molecular weight excluding hydrogens is 273 g/mol. The average Bonchev–Trinajstić information content (AvgIpc) is 2.50. The lowest BCUT2D eigenvalue weighted by atomic mass is 10.1. The minimum Gasteiger partial charge on any atom is -1.00 e. The first-order valence-corrected chi connectivity index (χ1v) is 4.59. The van der Waals surface area contributed by atoms with Gasteiger partial charge in [-0.1, -0.05) is 25.1 Å². The monoisotopic (exact) mass is 287 g/mol. The number of rotatable bonds is 2. The second-order valence-electron chi connectivity index (χ2n) is 3.21. The number of fused-ring (bicyclic) bond motifs is 1. The van der Waals surface area contributed by atoms with Gasteiger partial charge in [-0.25, -0.2) is 4.58 Å². The van der Waals surface area contributed by atoms with Crippen LogP contribution in [0.4, 0.5) is 5.69 Å². The molecular formula is C11H14IN. The van der Waals surface area contributed by atoms with Gasteiger partial charge in [0.15, 0.2) is 0 Å². The molecule has 0 saturated heterocycles. The summed E-state index contributed by atoms with van der Waals surface area (Å²) < 4.78 is 2.36. The van der Waals surface area contributed by atoms with Crippen molar-refractivity contribution in [3.8, 4) is 0 Å². The molecule has 1 aliphatic rings. The molecule has 0 N–H and O–H groups in total. The molecule has 0 unspecified atom stereocenters. The zero-order valence-corrected chi connectivity index (χ0v) is 9.99. The standard InChI is InChI=1S/C11H14N.HI/c1-2-8-12-9-7-10-5-3-4-6-11(10)12;/h3-6,9H,2,7-8H2,1H3;1H/q+1;/p-1. The van der Waals surface area contributed by atoms with Crippen LogP contribution >= 0.6 is 0 Å². The molecule has 1 aliphatic heterocycles. The number of para-hydroxylation sites is 1. The first kappa shape index (κ1) is 10.7. The van der Waals surface area contributed by atoms with Gasteiger partial charge in [-0.15, -0.1) is 0 Å². The van der Waals surface area contributed by atoms with Crippen molar-refractivity contribution in [1.29, 1.82) is 0 Å². The van der Waals surface area contributed by atoms with Gasteiger partial charge in [-0.3, -0.25) is 0 Å². The van der Waals surface area contributed by atoms with Crippen LogP contribution < -0.4 is 24.0 Å². The molecule has 0 saturated carbocycles. The average molecular weight is 287 g/mol. The van der Waals surface area contributed by atoms with Crippen LogP contribution in [0.25, 0.3) is 0 Å². The Morgan fingerprint density at radius 3 is 2.85 bits per heavy atom. The van der Waals surface area contributed by atoms with Crippen molar-refractivity contribution >= 4 is 11.9 Å². The Bertz CT molecular complexity index is 318. The molecule has 1 aromatic rings. The zero-order valence-electron chi connectivity index (χ0n) is 7.83. The van der Waals surface area contributed by atoms with Crippen LogP contribution in [-0.2, 0) is 6.42 Å². The summed E-state index contributed by atoms with van der Waals surface area (Å²) in [6.07, 6.45) is 4.61. The van der Waals surface area contributed by atoms with Crippen molar-refractivity contribution in [2.45, 2.75) is 19.8 Å². The molecule has 2 heteroatoms. The van der Waals surface area contributed by atoms with Crippen LogP contribution in [0.3, 0.4) is 0 Å². The third-order valence-electron chi connectivity index (χ3n) is 2.30. The Balaban J connectivity index is 0.000000845. The number of nitrogens with zero attached hydrogens (tertiary/aromatic N) is 1. The summed E-state index contributed by atoms with van der Waals surface area (Å²) in [5.41, 5.74) is 2.87. The summed E-state index contributed by atoms with van der Waals surface area (Å²) in [7, 11) is 0. The lowest BCUT2D eigenvalue weighted by Gasteiger charge is -1.96.